The van der Waals surface area contributed by atoms with Crippen LogP contribution in [0.25, 0.3) is 0 Å². The van der Waals surface area contributed by atoms with Gasteiger partial charge in [-0.15, -0.1) is 11.3 Å². The van der Waals surface area contributed by atoms with E-state index in [0.717, 1.165) is 29.0 Å². The maximum atomic E-state index is 4.64. The Bertz CT molecular complexity index is 565. The minimum atomic E-state index is 0.159. The van der Waals surface area contributed by atoms with Crippen LogP contribution in [-0.2, 0) is 0 Å². The number of nitrogens with zero attached hydrogens (tertiary/aromatic N) is 3. The first-order valence-electron chi connectivity index (χ1n) is 7.05. The molecule has 5 nitrogen and oxygen atoms in total. The van der Waals surface area contributed by atoms with Crippen molar-refractivity contribution in [3.05, 3.63) is 28.5 Å². The van der Waals surface area contributed by atoms with Gasteiger partial charge >= 0.3 is 0 Å². The highest BCUT2D eigenvalue weighted by molar-refractivity contribution is 7.09. The zero-order chi connectivity index (χ0) is 13.9. The van der Waals surface area contributed by atoms with Crippen LogP contribution in [0.1, 0.15) is 49.5 Å². The predicted molar refractivity (Wildman–Crippen MR) is 82.3 cm³/mol. The zero-order valence-electron chi connectivity index (χ0n) is 11.8. The molecule has 2 aromatic heterocycles. The van der Waals surface area contributed by atoms with Gasteiger partial charge in [-0.2, -0.15) is 0 Å². The van der Waals surface area contributed by atoms with Crippen LogP contribution in [0.3, 0.4) is 0 Å². The molecule has 0 spiro atoms. The fraction of sp³-hybridized carbons (Fsp3) is 0.500. The van der Waals surface area contributed by atoms with E-state index in [1.165, 1.54) is 12.8 Å². The van der Waals surface area contributed by atoms with Crippen molar-refractivity contribution in [2.75, 3.05) is 17.2 Å². The summed E-state index contributed by atoms with van der Waals surface area (Å²) in [6.07, 6.45) is 4.24. The quantitative estimate of drug-likeness (QED) is 0.853. The lowest BCUT2D eigenvalue weighted by Crippen LogP contribution is -2.11. The number of anilines is 2. The molecule has 2 heterocycles. The molecule has 1 aliphatic carbocycles. The van der Waals surface area contributed by atoms with Crippen molar-refractivity contribution in [2.45, 2.75) is 38.6 Å². The molecule has 2 aromatic rings. The second kappa shape index (κ2) is 5.75. The maximum absolute atomic E-state index is 4.64. The Labute approximate surface area is 122 Å². The van der Waals surface area contributed by atoms with Crippen LogP contribution in [0.2, 0.25) is 0 Å². The summed E-state index contributed by atoms with van der Waals surface area (Å²) in [5, 5.41) is 9.76. The molecule has 1 unspecified atom stereocenters. The largest absolute Gasteiger partial charge is 0.370 e. The molecular weight excluding hydrogens is 270 g/mol. The third-order valence-corrected chi connectivity index (χ3v) is 4.19. The summed E-state index contributed by atoms with van der Waals surface area (Å²) < 4.78 is 0. The highest BCUT2D eigenvalue weighted by atomic mass is 32.1. The lowest BCUT2D eigenvalue weighted by molar-refractivity contribution is 0.844. The minimum absolute atomic E-state index is 0.159. The molecule has 1 aliphatic rings. The lowest BCUT2D eigenvalue weighted by Gasteiger charge is -2.14. The smallest absolute Gasteiger partial charge is 0.136 e. The average Bonchev–Trinajstić information content (AvgIpc) is 3.13. The number of aromatic nitrogens is 3. The Morgan fingerprint density at radius 3 is 2.80 bits per heavy atom. The molecule has 6 heteroatoms. The van der Waals surface area contributed by atoms with Crippen LogP contribution >= 0.6 is 11.3 Å². The maximum Gasteiger partial charge on any atom is 0.136 e. The molecule has 1 fully saturated rings. The topological polar surface area (TPSA) is 62.7 Å². The molecule has 2 N–H and O–H groups in total. The van der Waals surface area contributed by atoms with Crippen molar-refractivity contribution in [1.82, 2.24) is 15.0 Å². The van der Waals surface area contributed by atoms with Gasteiger partial charge in [0.15, 0.2) is 0 Å². The normalized spacial score (nSPS) is 15.9. The van der Waals surface area contributed by atoms with E-state index in [4.69, 9.17) is 0 Å². The van der Waals surface area contributed by atoms with E-state index >= 15 is 0 Å². The first-order valence-corrected chi connectivity index (χ1v) is 7.93. The predicted octanol–water partition coefficient (Wildman–Crippen LogP) is 3.42. The van der Waals surface area contributed by atoms with Gasteiger partial charge in [-0.3, -0.25) is 0 Å². The van der Waals surface area contributed by atoms with Crippen LogP contribution in [0.5, 0.6) is 0 Å². The number of hydrogen-bond donors (Lipinski definition) is 2. The van der Waals surface area contributed by atoms with Crippen molar-refractivity contribution >= 4 is 23.0 Å². The van der Waals surface area contributed by atoms with Gasteiger partial charge in [0.2, 0.25) is 0 Å². The molecule has 106 valence electrons. The van der Waals surface area contributed by atoms with E-state index < -0.39 is 0 Å². The summed E-state index contributed by atoms with van der Waals surface area (Å²) in [5.41, 5.74) is 0. The van der Waals surface area contributed by atoms with E-state index in [-0.39, 0.29) is 6.04 Å². The van der Waals surface area contributed by atoms with Gasteiger partial charge in [0.25, 0.3) is 0 Å². The SMILES string of the molecule is CCNc1cc(NC(C)c2nccs2)nc(C2CC2)n1. The number of rotatable bonds is 6. The summed E-state index contributed by atoms with van der Waals surface area (Å²) >= 11 is 1.65. The first kappa shape index (κ1) is 13.3. The van der Waals surface area contributed by atoms with Crippen LogP contribution in [0.4, 0.5) is 11.6 Å². The summed E-state index contributed by atoms with van der Waals surface area (Å²) in [6.45, 7) is 5.04. The lowest BCUT2D eigenvalue weighted by atomic mass is 10.3. The highest BCUT2D eigenvalue weighted by Crippen LogP contribution is 2.39. The molecule has 0 saturated heterocycles. The second-order valence-electron chi connectivity index (χ2n) is 5.04. The standard InChI is InChI=1S/C14H19N5S/c1-3-15-11-8-12(19-13(18-11)10-4-5-10)17-9(2)14-16-6-7-20-14/h6-10H,3-5H2,1-2H3,(H2,15,17,18,19). The fourth-order valence-corrected chi connectivity index (χ4v) is 2.71. The summed E-state index contributed by atoms with van der Waals surface area (Å²) in [5.74, 6) is 3.28. The van der Waals surface area contributed by atoms with Crippen LogP contribution in [0.15, 0.2) is 17.6 Å². The van der Waals surface area contributed by atoms with Crippen molar-refractivity contribution in [2.24, 2.45) is 0 Å². The Morgan fingerprint density at radius 2 is 2.15 bits per heavy atom. The first-order chi connectivity index (χ1) is 9.76. The van der Waals surface area contributed by atoms with E-state index in [2.05, 4.69) is 39.4 Å². The Balaban J connectivity index is 1.80. The monoisotopic (exact) mass is 289 g/mol. The number of hydrogen-bond acceptors (Lipinski definition) is 6. The fourth-order valence-electron chi connectivity index (χ4n) is 2.07. The summed E-state index contributed by atoms with van der Waals surface area (Å²) in [6, 6.07) is 2.13. The van der Waals surface area contributed by atoms with Crippen LogP contribution in [-0.4, -0.2) is 21.5 Å². The molecule has 20 heavy (non-hydrogen) atoms. The van der Waals surface area contributed by atoms with Gasteiger partial charge in [-0.1, -0.05) is 0 Å². The summed E-state index contributed by atoms with van der Waals surface area (Å²) in [7, 11) is 0. The van der Waals surface area contributed by atoms with Gasteiger partial charge < -0.3 is 10.6 Å². The van der Waals surface area contributed by atoms with Crippen molar-refractivity contribution in [3.63, 3.8) is 0 Å². The molecule has 3 rings (SSSR count). The zero-order valence-corrected chi connectivity index (χ0v) is 12.6. The average molecular weight is 289 g/mol. The van der Waals surface area contributed by atoms with Gasteiger partial charge in [-0.25, -0.2) is 15.0 Å². The number of thiazole rings is 1. The van der Waals surface area contributed by atoms with Gasteiger partial charge in [-0.05, 0) is 26.7 Å². The third-order valence-electron chi connectivity index (χ3n) is 3.23. The van der Waals surface area contributed by atoms with Gasteiger partial charge in [0.1, 0.15) is 22.5 Å². The third kappa shape index (κ3) is 3.07. The Kier molecular flexibility index (Phi) is 3.82. The van der Waals surface area contributed by atoms with Crippen molar-refractivity contribution in [3.8, 4) is 0 Å². The second-order valence-corrected chi connectivity index (χ2v) is 5.96. The molecular formula is C14H19N5S. The van der Waals surface area contributed by atoms with E-state index in [0.29, 0.717) is 5.92 Å². The Morgan fingerprint density at radius 1 is 1.35 bits per heavy atom. The molecule has 0 radical (unpaired) electrons. The summed E-state index contributed by atoms with van der Waals surface area (Å²) in [4.78, 5) is 13.6. The van der Waals surface area contributed by atoms with E-state index in [1.807, 2.05) is 17.6 Å². The van der Waals surface area contributed by atoms with Crippen molar-refractivity contribution in [1.29, 1.82) is 0 Å². The highest BCUT2D eigenvalue weighted by Gasteiger charge is 2.27. The Hall–Kier alpha value is -1.69. The molecule has 0 aromatic carbocycles. The van der Waals surface area contributed by atoms with Crippen molar-refractivity contribution < 1.29 is 0 Å². The van der Waals surface area contributed by atoms with E-state index in [9.17, 15) is 0 Å². The molecule has 0 bridgehead atoms. The van der Waals surface area contributed by atoms with Crippen LogP contribution in [0, 0.1) is 0 Å². The molecule has 0 amide bonds. The van der Waals surface area contributed by atoms with E-state index in [1.54, 1.807) is 11.3 Å². The van der Waals surface area contributed by atoms with Gasteiger partial charge in [0, 0.05) is 30.1 Å². The van der Waals surface area contributed by atoms with Gasteiger partial charge in [0.05, 0.1) is 6.04 Å². The minimum Gasteiger partial charge on any atom is -0.370 e. The molecule has 1 saturated carbocycles. The molecule has 0 aliphatic heterocycles. The molecule has 1 atom stereocenters. The van der Waals surface area contributed by atoms with Crippen LogP contribution < -0.4 is 10.6 Å². The number of nitrogens with one attached hydrogen (secondary N) is 2.